The molecule has 0 amide bonds. The number of sulfonamides is 1. The Bertz CT molecular complexity index is 578. The predicted molar refractivity (Wildman–Crippen MR) is 73.5 cm³/mol. The number of hydrogen-bond acceptors (Lipinski definition) is 3. The molecule has 98 valence electrons. The van der Waals surface area contributed by atoms with Gasteiger partial charge in [-0.1, -0.05) is 22.0 Å². The second-order valence-corrected chi connectivity index (χ2v) is 7.02. The molecule has 0 heterocycles. The summed E-state index contributed by atoms with van der Waals surface area (Å²) in [6.45, 7) is 3.47. The van der Waals surface area contributed by atoms with Crippen molar-refractivity contribution in [3.05, 3.63) is 28.2 Å². The first kappa shape index (κ1) is 15.2. The van der Waals surface area contributed by atoms with Crippen LogP contribution < -0.4 is 0 Å². The minimum absolute atomic E-state index is 0.169. The van der Waals surface area contributed by atoms with E-state index >= 15 is 0 Å². The van der Waals surface area contributed by atoms with Crippen molar-refractivity contribution in [1.82, 2.24) is 4.31 Å². The third kappa shape index (κ3) is 3.10. The van der Waals surface area contributed by atoms with Crippen molar-refractivity contribution < 1.29 is 8.42 Å². The Balaban J connectivity index is 3.22. The molecule has 0 N–H and O–H groups in total. The summed E-state index contributed by atoms with van der Waals surface area (Å²) in [5.74, 6) is 0. The smallest absolute Gasteiger partial charge is 0.207 e. The first-order valence-electron chi connectivity index (χ1n) is 5.42. The van der Waals surface area contributed by atoms with Gasteiger partial charge in [0.2, 0.25) is 10.0 Å². The number of halogens is 1. The first-order valence-corrected chi connectivity index (χ1v) is 7.65. The molecule has 6 heteroatoms. The highest BCUT2D eigenvalue weighted by molar-refractivity contribution is 9.10. The molecule has 0 aliphatic carbocycles. The van der Waals surface area contributed by atoms with Crippen LogP contribution in [0.15, 0.2) is 27.6 Å². The van der Waals surface area contributed by atoms with Gasteiger partial charge < -0.3 is 0 Å². The molecule has 0 aromatic heterocycles. The lowest BCUT2D eigenvalue weighted by atomic mass is 10.2. The maximum Gasteiger partial charge on any atom is 0.243 e. The largest absolute Gasteiger partial charge is 0.243 e. The van der Waals surface area contributed by atoms with E-state index in [1.54, 1.807) is 32.0 Å². The Morgan fingerprint density at radius 3 is 2.67 bits per heavy atom. The van der Waals surface area contributed by atoms with Gasteiger partial charge in [-0.05, 0) is 31.5 Å². The van der Waals surface area contributed by atoms with Crippen LogP contribution in [0, 0.1) is 18.3 Å². The summed E-state index contributed by atoms with van der Waals surface area (Å²) in [4.78, 5) is 0.268. The summed E-state index contributed by atoms with van der Waals surface area (Å²) in [5.41, 5.74) is 0.689. The normalized spacial score (nSPS) is 13.3. The first-order chi connectivity index (χ1) is 8.30. The van der Waals surface area contributed by atoms with Crippen molar-refractivity contribution in [3.8, 4) is 6.07 Å². The van der Waals surface area contributed by atoms with Gasteiger partial charge in [0, 0.05) is 17.6 Å². The van der Waals surface area contributed by atoms with Gasteiger partial charge in [-0.15, -0.1) is 0 Å². The van der Waals surface area contributed by atoms with Gasteiger partial charge in [0.15, 0.2) is 0 Å². The van der Waals surface area contributed by atoms with Crippen LogP contribution in [0.5, 0.6) is 0 Å². The average molecular weight is 331 g/mol. The molecular weight excluding hydrogens is 316 g/mol. The molecule has 0 aliphatic rings. The maximum atomic E-state index is 12.4. The Morgan fingerprint density at radius 2 is 2.11 bits per heavy atom. The number of nitrogens with zero attached hydrogens (tertiary/aromatic N) is 2. The summed E-state index contributed by atoms with van der Waals surface area (Å²) >= 11 is 3.27. The Kier molecular flexibility index (Phi) is 4.91. The highest BCUT2D eigenvalue weighted by atomic mass is 79.9. The van der Waals surface area contributed by atoms with Crippen molar-refractivity contribution in [2.45, 2.75) is 31.2 Å². The third-order valence-electron chi connectivity index (χ3n) is 2.81. The Labute approximate surface area is 116 Å². The standard InChI is InChI=1S/C12H15BrN2O2S/c1-9-4-5-11(13)8-12(9)18(16,17)15(3)10(2)6-7-14/h4-5,8,10H,6H2,1-3H3. The van der Waals surface area contributed by atoms with Crippen LogP contribution in [0.1, 0.15) is 18.9 Å². The lowest BCUT2D eigenvalue weighted by Gasteiger charge is -2.23. The fraction of sp³-hybridized carbons (Fsp3) is 0.417. The van der Waals surface area contributed by atoms with Crippen LogP contribution >= 0.6 is 15.9 Å². The average Bonchev–Trinajstić information content (AvgIpc) is 2.31. The van der Waals surface area contributed by atoms with Gasteiger partial charge in [0.1, 0.15) is 0 Å². The molecule has 0 radical (unpaired) electrons. The van der Waals surface area contributed by atoms with E-state index < -0.39 is 10.0 Å². The highest BCUT2D eigenvalue weighted by Crippen LogP contribution is 2.24. The zero-order chi connectivity index (χ0) is 13.9. The van der Waals surface area contributed by atoms with E-state index in [0.717, 1.165) is 0 Å². The van der Waals surface area contributed by atoms with Crippen molar-refractivity contribution in [2.24, 2.45) is 0 Å². The molecule has 1 aromatic rings. The summed E-state index contributed by atoms with van der Waals surface area (Å²) in [6, 6.07) is 6.77. The monoisotopic (exact) mass is 330 g/mol. The van der Waals surface area contributed by atoms with Crippen molar-refractivity contribution in [2.75, 3.05) is 7.05 Å². The summed E-state index contributed by atoms with van der Waals surface area (Å²) in [6.07, 6.45) is 0.169. The molecule has 1 aromatic carbocycles. The minimum atomic E-state index is -3.56. The molecule has 18 heavy (non-hydrogen) atoms. The van der Waals surface area contributed by atoms with Crippen LogP contribution in [0.25, 0.3) is 0 Å². The van der Waals surface area contributed by atoms with Crippen LogP contribution in [0.4, 0.5) is 0 Å². The quantitative estimate of drug-likeness (QED) is 0.852. The lowest BCUT2D eigenvalue weighted by Crippen LogP contribution is -2.35. The van der Waals surface area contributed by atoms with E-state index in [9.17, 15) is 8.42 Å². The molecule has 1 rings (SSSR count). The molecule has 0 spiro atoms. The van der Waals surface area contributed by atoms with Gasteiger partial charge in [0.05, 0.1) is 17.4 Å². The van der Waals surface area contributed by atoms with E-state index in [0.29, 0.717) is 10.0 Å². The second-order valence-electron chi connectivity index (χ2n) is 4.14. The van der Waals surface area contributed by atoms with Gasteiger partial charge in [0.25, 0.3) is 0 Å². The van der Waals surface area contributed by atoms with E-state index in [2.05, 4.69) is 15.9 Å². The van der Waals surface area contributed by atoms with Gasteiger partial charge in [-0.3, -0.25) is 0 Å². The number of hydrogen-bond donors (Lipinski definition) is 0. The number of aryl methyl sites for hydroxylation is 1. The van der Waals surface area contributed by atoms with Gasteiger partial charge in [-0.25, -0.2) is 8.42 Å². The van der Waals surface area contributed by atoms with E-state index in [1.807, 2.05) is 6.07 Å². The SMILES string of the molecule is Cc1ccc(Br)cc1S(=O)(=O)N(C)C(C)CC#N. The summed E-state index contributed by atoms with van der Waals surface area (Å²) in [5, 5.41) is 8.64. The fourth-order valence-electron chi connectivity index (χ4n) is 1.50. The minimum Gasteiger partial charge on any atom is -0.207 e. The van der Waals surface area contributed by atoms with Crippen molar-refractivity contribution in [3.63, 3.8) is 0 Å². The Morgan fingerprint density at radius 1 is 1.50 bits per heavy atom. The molecule has 0 saturated carbocycles. The Hall–Kier alpha value is -0.900. The molecule has 1 atom stereocenters. The van der Waals surface area contributed by atoms with E-state index in [1.165, 1.54) is 11.4 Å². The van der Waals surface area contributed by atoms with Crippen LogP contribution in [0.3, 0.4) is 0 Å². The van der Waals surface area contributed by atoms with E-state index in [4.69, 9.17) is 5.26 Å². The molecule has 0 bridgehead atoms. The lowest BCUT2D eigenvalue weighted by molar-refractivity contribution is 0.393. The summed E-state index contributed by atoms with van der Waals surface area (Å²) < 4.78 is 26.8. The number of rotatable bonds is 4. The van der Waals surface area contributed by atoms with Crippen LogP contribution in [-0.4, -0.2) is 25.8 Å². The van der Waals surface area contributed by atoms with Gasteiger partial charge >= 0.3 is 0 Å². The molecule has 1 unspecified atom stereocenters. The van der Waals surface area contributed by atoms with Crippen LogP contribution in [0.2, 0.25) is 0 Å². The van der Waals surface area contributed by atoms with Crippen LogP contribution in [-0.2, 0) is 10.0 Å². The van der Waals surface area contributed by atoms with Crippen molar-refractivity contribution in [1.29, 1.82) is 5.26 Å². The molecule has 4 nitrogen and oxygen atoms in total. The van der Waals surface area contributed by atoms with Crippen molar-refractivity contribution >= 4 is 26.0 Å². The number of nitriles is 1. The molecule has 0 fully saturated rings. The zero-order valence-electron chi connectivity index (χ0n) is 10.5. The fourth-order valence-corrected chi connectivity index (χ4v) is 3.63. The maximum absolute atomic E-state index is 12.4. The predicted octanol–water partition coefficient (Wildman–Crippen LogP) is 2.68. The topological polar surface area (TPSA) is 61.2 Å². The molecule has 0 aliphatic heterocycles. The summed E-state index contributed by atoms with van der Waals surface area (Å²) in [7, 11) is -2.06. The molecular formula is C12H15BrN2O2S. The van der Waals surface area contributed by atoms with Gasteiger partial charge in [-0.2, -0.15) is 9.57 Å². The highest BCUT2D eigenvalue weighted by Gasteiger charge is 2.26. The number of benzene rings is 1. The van der Waals surface area contributed by atoms with E-state index in [-0.39, 0.29) is 17.4 Å². The second kappa shape index (κ2) is 5.83. The zero-order valence-corrected chi connectivity index (χ0v) is 12.9. The third-order valence-corrected chi connectivity index (χ3v) is 5.42. The molecule has 0 saturated heterocycles.